The number of ether oxygens (including phenoxy) is 1. The van der Waals surface area contributed by atoms with Crippen LogP contribution in [0.5, 0.6) is 0 Å². The maximum absolute atomic E-state index is 13.7. The lowest BCUT2D eigenvalue weighted by Crippen LogP contribution is -2.38. The van der Waals surface area contributed by atoms with Gasteiger partial charge >= 0.3 is 5.97 Å². The van der Waals surface area contributed by atoms with Gasteiger partial charge in [0, 0.05) is 34.7 Å². The first-order valence-corrected chi connectivity index (χ1v) is 14.0. The first-order chi connectivity index (χ1) is 19.2. The van der Waals surface area contributed by atoms with Crippen LogP contribution < -0.4 is 5.32 Å². The minimum Gasteiger partial charge on any atom is -0.456 e. The maximum Gasteiger partial charge on any atom is 0.339 e. The first kappa shape index (κ1) is 27.5. The summed E-state index contributed by atoms with van der Waals surface area (Å²) in [6.07, 6.45) is 1.50. The smallest absolute Gasteiger partial charge is 0.339 e. The Kier molecular flexibility index (Phi) is 7.99. The molecule has 1 aromatic heterocycles. The number of amides is 1. The second-order valence-corrected chi connectivity index (χ2v) is 11.6. The van der Waals surface area contributed by atoms with Gasteiger partial charge in [0.25, 0.3) is 0 Å². The Morgan fingerprint density at radius 3 is 2.25 bits per heavy atom. The molecule has 0 radical (unpaired) electrons. The molecule has 6 heteroatoms. The van der Waals surface area contributed by atoms with Gasteiger partial charge in [-0.1, -0.05) is 66.2 Å². The minimum atomic E-state index is -0.630. The molecule has 5 rings (SSSR count). The van der Waals surface area contributed by atoms with Crippen LogP contribution in [0.15, 0.2) is 78.9 Å². The van der Waals surface area contributed by atoms with Crippen molar-refractivity contribution in [3.8, 4) is 11.3 Å². The molecule has 0 aliphatic carbocycles. The number of esters is 1. The molecule has 1 N–H and O–H groups in total. The number of rotatable bonds is 6. The van der Waals surface area contributed by atoms with E-state index in [9.17, 15) is 9.59 Å². The van der Waals surface area contributed by atoms with Crippen LogP contribution in [-0.2, 0) is 16.1 Å². The second-order valence-electron chi connectivity index (χ2n) is 11.6. The predicted molar refractivity (Wildman–Crippen MR) is 160 cm³/mol. The SMILES string of the molecule is Cc1ccc(NC(=O)C2CCN(Cc3c(-c4ccccc4)nc4ccccc4c3C(=O)OC(C)(C)C)CC2)cc1. The second kappa shape index (κ2) is 11.6. The summed E-state index contributed by atoms with van der Waals surface area (Å²) in [5.41, 5.74) is 5.30. The molecule has 6 nitrogen and oxygen atoms in total. The molecule has 1 saturated heterocycles. The third kappa shape index (κ3) is 6.40. The number of likely N-dealkylation sites (tertiary alicyclic amines) is 1. The largest absolute Gasteiger partial charge is 0.456 e. The number of anilines is 1. The standard InChI is InChI=1S/C34H37N3O3/c1-23-14-16-26(17-15-23)35-32(38)25-18-20-37(21-19-25)22-28-30(33(39)40-34(2,3)4)27-12-8-9-13-29(27)36-31(28)24-10-6-5-7-11-24/h5-17,25H,18-22H2,1-4H3,(H,35,38). The number of hydrogen-bond acceptors (Lipinski definition) is 5. The average molecular weight is 536 g/mol. The molecule has 3 aromatic carbocycles. The van der Waals surface area contributed by atoms with Gasteiger partial charge < -0.3 is 10.1 Å². The fourth-order valence-electron chi connectivity index (χ4n) is 5.26. The molecule has 1 amide bonds. The molecular weight excluding hydrogens is 498 g/mol. The highest BCUT2D eigenvalue weighted by Crippen LogP contribution is 2.33. The van der Waals surface area contributed by atoms with Crippen molar-refractivity contribution in [2.24, 2.45) is 5.92 Å². The lowest BCUT2D eigenvalue weighted by atomic mass is 9.93. The summed E-state index contributed by atoms with van der Waals surface area (Å²) in [7, 11) is 0. The van der Waals surface area contributed by atoms with Crippen LogP contribution >= 0.6 is 0 Å². The van der Waals surface area contributed by atoms with Gasteiger partial charge in [0.2, 0.25) is 5.91 Å². The number of aromatic nitrogens is 1. The zero-order chi connectivity index (χ0) is 28.3. The molecule has 0 bridgehead atoms. The van der Waals surface area contributed by atoms with Crippen molar-refractivity contribution in [1.82, 2.24) is 9.88 Å². The van der Waals surface area contributed by atoms with E-state index >= 15 is 0 Å². The van der Waals surface area contributed by atoms with Crippen LogP contribution in [0, 0.1) is 12.8 Å². The Hall–Kier alpha value is -4.03. The zero-order valence-corrected chi connectivity index (χ0v) is 23.7. The molecule has 0 spiro atoms. The number of benzene rings is 3. The van der Waals surface area contributed by atoms with Gasteiger partial charge in [0.05, 0.1) is 16.8 Å². The van der Waals surface area contributed by atoms with Crippen LogP contribution in [0.3, 0.4) is 0 Å². The van der Waals surface area contributed by atoms with E-state index < -0.39 is 5.60 Å². The number of carbonyl (C=O) groups is 2. The average Bonchev–Trinajstić information content (AvgIpc) is 2.93. The van der Waals surface area contributed by atoms with E-state index in [1.165, 1.54) is 0 Å². The number of nitrogens with zero attached hydrogens (tertiary/aromatic N) is 2. The van der Waals surface area contributed by atoms with Crippen molar-refractivity contribution < 1.29 is 14.3 Å². The Bertz CT molecular complexity index is 1500. The number of aryl methyl sites for hydroxylation is 1. The quantitative estimate of drug-likeness (QED) is 0.269. The van der Waals surface area contributed by atoms with E-state index in [-0.39, 0.29) is 17.8 Å². The lowest BCUT2D eigenvalue weighted by molar-refractivity contribution is -0.121. The topological polar surface area (TPSA) is 71.5 Å². The third-order valence-electron chi connectivity index (χ3n) is 7.30. The van der Waals surface area contributed by atoms with Crippen LogP contribution in [-0.4, -0.2) is 40.5 Å². The van der Waals surface area contributed by atoms with Crippen LogP contribution in [0.2, 0.25) is 0 Å². The predicted octanol–water partition coefficient (Wildman–Crippen LogP) is 7.02. The van der Waals surface area contributed by atoms with Crippen molar-refractivity contribution in [3.63, 3.8) is 0 Å². The van der Waals surface area contributed by atoms with Gasteiger partial charge in [-0.15, -0.1) is 0 Å². The highest BCUT2D eigenvalue weighted by molar-refractivity contribution is 6.06. The van der Waals surface area contributed by atoms with Gasteiger partial charge in [-0.2, -0.15) is 0 Å². The Balaban J connectivity index is 1.44. The number of para-hydroxylation sites is 1. The summed E-state index contributed by atoms with van der Waals surface area (Å²) in [5, 5.41) is 3.86. The van der Waals surface area contributed by atoms with Crippen molar-refractivity contribution in [3.05, 3.63) is 95.6 Å². The Morgan fingerprint density at radius 1 is 0.925 bits per heavy atom. The summed E-state index contributed by atoms with van der Waals surface area (Å²) in [6, 6.07) is 25.7. The monoisotopic (exact) mass is 535 g/mol. The summed E-state index contributed by atoms with van der Waals surface area (Å²) in [5.74, 6) is -0.327. The van der Waals surface area contributed by atoms with Gasteiger partial charge in [-0.05, 0) is 71.8 Å². The highest BCUT2D eigenvalue weighted by atomic mass is 16.6. The third-order valence-corrected chi connectivity index (χ3v) is 7.30. The Labute approximate surface area is 236 Å². The summed E-state index contributed by atoms with van der Waals surface area (Å²) in [4.78, 5) is 34.1. The molecule has 206 valence electrons. The normalized spacial score (nSPS) is 14.7. The summed E-state index contributed by atoms with van der Waals surface area (Å²) < 4.78 is 5.93. The number of fused-ring (bicyclic) bond motifs is 1. The number of pyridine rings is 1. The molecule has 0 atom stereocenters. The van der Waals surface area contributed by atoms with Crippen LogP contribution in [0.25, 0.3) is 22.2 Å². The van der Waals surface area contributed by atoms with Gasteiger partial charge in [0.1, 0.15) is 5.60 Å². The summed E-state index contributed by atoms with van der Waals surface area (Å²) >= 11 is 0. The van der Waals surface area contributed by atoms with E-state index in [0.717, 1.165) is 64.9 Å². The van der Waals surface area contributed by atoms with E-state index in [4.69, 9.17) is 9.72 Å². The maximum atomic E-state index is 13.7. The molecule has 0 unspecified atom stereocenters. The van der Waals surface area contributed by atoms with Crippen molar-refractivity contribution in [2.45, 2.75) is 52.7 Å². The molecule has 40 heavy (non-hydrogen) atoms. The molecular formula is C34H37N3O3. The highest BCUT2D eigenvalue weighted by Gasteiger charge is 2.30. The van der Waals surface area contributed by atoms with E-state index in [1.807, 2.05) is 107 Å². The zero-order valence-electron chi connectivity index (χ0n) is 23.7. The van der Waals surface area contributed by atoms with Crippen LogP contribution in [0.4, 0.5) is 5.69 Å². The molecule has 1 fully saturated rings. The minimum absolute atomic E-state index is 0.0498. The lowest BCUT2D eigenvalue weighted by Gasteiger charge is -2.32. The van der Waals surface area contributed by atoms with Gasteiger partial charge in [-0.3, -0.25) is 9.69 Å². The number of nitrogens with one attached hydrogen (secondary N) is 1. The summed E-state index contributed by atoms with van der Waals surface area (Å²) in [6.45, 7) is 9.74. The number of carbonyl (C=O) groups excluding carboxylic acids is 2. The van der Waals surface area contributed by atoms with Gasteiger partial charge in [0.15, 0.2) is 0 Å². The molecule has 0 saturated carbocycles. The molecule has 2 heterocycles. The molecule has 1 aliphatic heterocycles. The molecule has 4 aromatic rings. The van der Waals surface area contributed by atoms with Crippen molar-refractivity contribution in [1.29, 1.82) is 0 Å². The fourth-order valence-corrected chi connectivity index (χ4v) is 5.26. The number of piperidine rings is 1. The van der Waals surface area contributed by atoms with Gasteiger partial charge in [-0.25, -0.2) is 9.78 Å². The van der Waals surface area contributed by atoms with E-state index in [2.05, 4.69) is 10.2 Å². The van der Waals surface area contributed by atoms with E-state index in [0.29, 0.717) is 12.1 Å². The van der Waals surface area contributed by atoms with Crippen molar-refractivity contribution >= 4 is 28.5 Å². The van der Waals surface area contributed by atoms with Crippen LogP contribution in [0.1, 0.15) is 55.1 Å². The number of hydrogen-bond donors (Lipinski definition) is 1. The first-order valence-electron chi connectivity index (χ1n) is 14.0. The van der Waals surface area contributed by atoms with Crippen molar-refractivity contribution in [2.75, 3.05) is 18.4 Å². The Morgan fingerprint density at radius 2 is 1.57 bits per heavy atom. The molecule has 1 aliphatic rings. The van der Waals surface area contributed by atoms with E-state index in [1.54, 1.807) is 0 Å². The fraction of sp³-hybridized carbons (Fsp3) is 0.324.